The van der Waals surface area contributed by atoms with E-state index in [9.17, 15) is 14.4 Å². The van der Waals surface area contributed by atoms with E-state index in [2.05, 4.69) is 5.32 Å². The zero-order chi connectivity index (χ0) is 21.0. The predicted molar refractivity (Wildman–Crippen MR) is 109 cm³/mol. The van der Waals surface area contributed by atoms with Crippen LogP contribution < -0.4 is 11.1 Å². The van der Waals surface area contributed by atoms with Crippen molar-refractivity contribution in [2.24, 2.45) is 0 Å². The lowest BCUT2D eigenvalue weighted by molar-refractivity contribution is -0.141. The Morgan fingerprint density at radius 2 is 1.93 bits per heavy atom. The second kappa shape index (κ2) is 8.96. The van der Waals surface area contributed by atoms with Crippen molar-refractivity contribution in [3.63, 3.8) is 0 Å². The average Bonchev–Trinajstić information content (AvgIpc) is 3.00. The first-order chi connectivity index (χ1) is 13.9. The zero-order valence-corrected chi connectivity index (χ0v) is 16.9. The van der Waals surface area contributed by atoms with Crippen molar-refractivity contribution in [1.82, 2.24) is 9.88 Å². The summed E-state index contributed by atoms with van der Waals surface area (Å²) in [4.78, 5) is 36.4. The van der Waals surface area contributed by atoms with Gasteiger partial charge in [0.25, 0.3) is 0 Å². The normalized spacial score (nSPS) is 12.0. The Balaban J connectivity index is 1.72. The van der Waals surface area contributed by atoms with E-state index in [0.29, 0.717) is 16.1 Å². The van der Waals surface area contributed by atoms with Gasteiger partial charge in [-0.25, -0.2) is 4.79 Å². The van der Waals surface area contributed by atoms with Crippen LogP contribution in [-0.2, 0) is 20.9 Å². The number of esters is 1. The van der Waals surface area contributed by atoms with Gasteiger partial charge in [0, 0.05) is 24.1 Å². The van der Waals surface area contributed by atoms with Gasteiger partial charge in [0.1, 0.15) is 0 Å². The molecule has 0 aliphatic heterocycles. The zero-order valence-electron chi connectivity index (χ0n) is 16.1. The first-order valence-corrected chi connectivity index (χ1v) is 9.47. The highest BCUT2D eigenvalue weighted by atomic mass is 35.5. The van der Waals surface area contributed by atoms with Crippen molar-refractivity contribution in [3.05, 3.63) is 69.2 Å². The quantitative estimate of drug-likeness (QED) is 0.596. The number of hydrogen-bond acceptors (Lipinski definition) is 5. The number of fused-ring (bicyclic) bond motifs is 1. The molecular weight excluding hydrogens is 396 g/mol. The van der Waals surface area contributed by atoms with Gasteiger partial charge < -0.3 is 14.5 Å². The Labute approximate surface area is 172 Å². The van der Waals surface area contributed by atoms with E-state index in [-0.39, 0.29) is 25.3 Å². The number of rotatable bonds is 7. The summed E-state index contributed by atoms with van der Waals surface area (Å²) in [7, 11) is 1.30. The van der Waals surface area contributed by atoms with Crippen LogP contribution in [-0.4, -0.2) is 23.6 Å². The number of halogens is 1. The van der Waals surface area contributed by atoms with E-state index in [1.165, 1.54) is 11.7 Å². The van der Waals surface area contributed by atoms with E-state index in [1.807, 2.05) is 31.2 Å². The molecule has 3 aromatic rings. The minimum absolute atomic E-state index is 0.0123. The predicted octanol–water partition coefficient (Wildman–Crippen LogP) is 3.37. The topological polar surface area (TPSA) is 90.5 Å². The molecule has 0 saturated heterocycles. The summed E-state index contributed by atoms with van der Waals surface area (Å²) in [5.74, 6) is -1.28. The molecule has 7 nitrogen and oxygen atoms in total. The summed E-state index contributed by atoms with van der Waals surface area (Å²) in [5, 5.41) is 3.31. The first kappa shape index (κ1) is 20.7. The maximum atomic E-state index is 12.5. The Hall–Kier alpha value is -3.06. The van der Waals surface area contributed by atoms with Crippen molar-refractivity contribution in [2.75, 3.05) is 7.11 Å². The molecule has 29 heavy (non-hydrogen) atoms. The summed E-state index contributed by atoms with van der Waals surface area (Å²) in [6.07, 6.45) is 0.0547. The van der Waals surface area contributed by atoms with Crippen molar-refractivity contribution in [3.8, 4) is 0 Å². The molecule has 0 bridgehead atoms. The molecule has 1 aromatic heterocycles. The van der Waals surface area contributed by atoms with Crippen molar-refractivity contribution in [1.29, 1.82) is 0 Å². The van der Waals surface area contributed by atoms with E-state index in [4.69, 9.17) is 20.8 Å². The molecule has 8 heteroatoms. The molecule has 1 atom stereocenters. The fraction of sp³-hybridized carbons (Fsp3) is 0.286. The smallest absolute Gasteiger partial charge is 0.419 e. The number of nitrogens with zero attached hydrogens (tertiary/aromatic N) is 1. The second-order valence-electron chi connectivity index (χ2n) is 6.69. The number of ether oxygens (including phenoxy) is 1. The minimum atomic E-state index is -0.556. The van der Waals surface area contributed by atoms with Crippen LogP contribution in [0.2, 0.25) is 5.02 Å². The summed E-state index contributed by atoms with van der Waals surface area (Å²) >= 11 is 5.91. The molecule has 1 N–H and O–H groups in total. The Bertz CT molecular complexity index is 1080. The summed E-state index contributed by atoms with van der Waals surface area (Å²) < 4.78 is 11.3. The van der Waals surface area contributed by atoms with Crippen LogP contribution in [0.4, 0.5) is 0 Å². The van der Waals surface area contributed by atoms with E-state index >= 15 is 0 Å². The van der Waals surface area contributed by atoms with Crippen LogP contribution in [0.3, 0.4) is 0 Å². The average molecular weight is 417 g/mol. The minimum Gasteiger partial charge on any atom is -0.469 e. The maximum absolute atomic E-state index is 12.5. The third kappa shape index (κ3) is 5.06. The maximum Gasteiger partial charge on any atom is 0.419 e. The summed E-state index contributed by atoms with van der Waals surface area (Å²) in [6, 6.07) is 11.9. The molecule has 0 unspecified atom stereocenters. The summed E-state index contributed by atoms with van der Waals surface area (Å²) in [6.45, 7) is 2.09. The molecule has 0 saturated carbocycles. The van der Waals surface area contributed by atoms with Gasteiger partial charge in [-0.05, 0) is 24.6 Å². The Morgan fingerprint density at radius 3 is 2.62 bits per heavy atom. The van der Waals surface area contributed by atoms with E-state index in [0.717, 1.165) is 11.1 Å². The number of methoxy groups -OCH3 is 1. The third-order valence-corrected chi connectivity index (χ3v) is 4.84. The fourth-order valence-electron chi connectivity index (χ4n) is 3.03. The number of hydrogen-bond donors (Lipinski definition) is 1. The molecule has 1 amide bonds. The molecule has 0 spiro atoms. The lowest BCUT2D eigenvalue weighted by atomic mass is 10.0. The van der Waals surface area contributed by atoms with Crippen molar-refractivity contribution in [2.45, 2.75) is 32.4 Å². The largest absolute Gasteiger partial charge is 0.469 e. The molecule has 0 radical (unpaired) electrons. The van der Waals surface area contributed by atoms with Gasteiger partial charge in [-0.3, -0.25) is 14.2 Å². The van der Waals surface area contributed by atoms with Crippen molar-refractivity contribution >= 4 is 34.6 Å². The van der Waals surface area contributed by atoms with Crippen molar-refractivity contribution < 1.29 is 18.7 Å². The Morgan fingerprint density at radius 1 is 1.21 bits per heavy atom. The van der Waals surface area contributed by atoms with Gasteiger partial charge in [-0.1, -0.05) is 41.4 Å². The molecule has 3 rings (SSSR count). The standard InChI is InChI=1S/C21H21ClN2O5/c1-13-3-5-14(6-4-13)16(12-20(26)28-2)23-19(25)9-10-24-17-8-7-15(22)11-18(17)29-21(24)27/h3-8,11,16H,9-10,12H2,1-2H3,(H,23,25)/t16-/m1/s1. The molecule has 0 aliphatic carbocycles. The van der Waals surface area contributed by atoms with Gasteiger partial charge in [0.2, 0.25) is 5.91 Å². The lowest BCUT2D eigenvalue weighted by Gasteiger charge is -2.18. The molecular formula is C21H21ClN2O5. The molecule has 0 aliphatic rings. The number of amides is 1. The van der Waals surface area contributed by atoms with Crippen LogP contribution in [0.5, 0.6) is 0 Å². The lowest BCUT2D eigenvalue weighted by Crippen LogP contribution is -2.31. The van der Waals surface area contributed by atoms with Crippen LogP contribution >= 0.6 is 11.6 Å². The second-order valence-corrected chi connectivity index (χ2v) is 7.13. The van der Waals surface area contributed by atoms with E-state index < -0.39 is 17.8 Å². The van der Waals surface area contributed by atoms with Crippen LogP contribution in [0.25, 0.3) is 11.1 Å². The number of nitrogens with one attached hydrogen (secondary N) is 1. The highest BCUT2D eigenvalue weighted by molar-refractivity contribution is 6.31. The number of aryl methyl sites for hydroxylation is 2. The number of carbonyl (C=O) groups excluding carboxylic acids is 2. The van der Waals surface area contributed by atoms with Crippen LogP contribution in [0, 0.1) is 6.92 Å². The molecule has 152 valence electrons. The first-order valence-electron chi connectivity index (χ1n) is 9.09. The highest BCUT2D eigenvalue weighted by Gasteiger charge is 2.19. The van der Waals surface area contributed by atoms with Gasteiger partial charge in [0.15, 0.2) is 5.58 Å². The van der Waals surface area contributed by atoms with Gasteiger partial charge >= 0.3 is 11.7 Å². The molecule has 1 heterocycles. The third-order valence-electron chi connectivity index (χ3n) is 4.61. The molecule has 2 aromatic carbocycles. The number of aromatic nitrogens is 1. The monoisotopic (exact) mass is 416 g/mol. The summed E-state index contributed by atoms with van der Waals surface area (Å²) in [5.41, 5.74) is 2.81. The van der Waals surface area contributed by atoms with Gasteiger partial charge in [-0.15, -0.1) is 0 Å². The highest BCUT2D eigenvalue weighted by Crippen LogP contribution is 2.20. The number of benzene rings is 2. The van der Waals surface area contributed by atoms with Crippen LogP contribution in [0.1, 0.15) is 30.0 Å². The van der Waals surface area contributed by atoms with Crippen LogP contribution in [0.15, 0.2) is 51.7 Å². The number of carbonyl (C=O) groups is 2. The SMILES string of the molecule is COC(=O)C[C@@H](NC(=O)CCn1c(=O)oc2cc(Cl)ccc21)c1ccc(C)cc1. The Kier molecular flexibility index (Phi) is 6.39. The number of oxazole rings is 1. The molecule has 0 fully saturated rings. The fourth-order valence-corrected chi connectivity index (χ4v) is 3.19. The van der Waals surface area contributed by atoms with Gasteiger partial charge in [-0.2, -0.15) is 0 Å². The van der Waals surface area contributed by atoms with E-state index in [1.54, 1.807) is 18.2 Å². The van der Waals surface area contributed by atoms with Gasteiger partial charge in [0.05, 0.1) is 25.1 Å².